The minimum absolute atomic E-state index is 0.0118. The molecule has 1 fully saturated rings. The SMILES string of the molecule is O=C(C1=CC(O)(c2ccccc2)N(C2CCCCC2)C(C(=O)c2ccccc2)=C1C(=O)c1ccccc1)c1ccccc1. The zero-order valence-corrected chi connectivity index (χ0v) is 23.9. The number of aliphatic hydroxyl groups is 1. The van der Waals surface area contributed by atoms with Gasteiger partial charge in [-0.1, -0.05) is 141 Å². The summed E-state index contributed by atoms with van der Waals surface area (Å²) in [5.74, 6) is -1.28. The van der Waals surface area contributed by atoms with E-state index in [2.05, 4.69) is 0 Å². The number of hydrogen-bond donors (Lipinski definition) is 1. The van der Waals surface area contributed by atoms with Crippen molar-refractivity contribution >= 4 is 17.3 Å². The molecular formula is C38H33NO4. The molecule has 4 aromatic rings. The van der Waals surface area contributed by atoms with Crippen molar-refractivity contribution in [1.29, 1.82) is 0 Å². The summed E-state index contributed by atoms with van der Waals surface area (Å²) in [7, 11) is 0. The number of nitrogens with zero attached hydrogens (tertiary/aromatic N) is 1. The van der Waals surface area contributed by atoms with E-state index in [0.29, 0.717) is 22.3 Å². The van der Waals surface area contributed by atoms with Crippen LogP contribution in [0, 0.1) is 0 Å². The molecule has 4 aromatic carbocycles. The minimum atomic E-state index is -1.86. The van der Waals surface area contributed by atoms with E-state index in [1.165, 1.54) is 6.08 Å². The molecule has 1 aliphatic heterocycles. The Hall–Kier alpha value is -4.87. The van der Waals surface area contributed by atoms with Crippen molar-refractivity contribution in [3.05, 3.63) is 167 Å². The summed E-state index contributed by atoms with van der Waals surface area (Å²) >= 11 is 0. The second-order valence-corrected chi connectivity index (χ2v) is 11.1. The molecule has 1 unspecified atom stereocenters. The zero-order valence-electron chi connectivity index (χ0n) is 23.9. The standard InChI is InChI=1S/C38H33NO4/c40-35(27-16-6-1-7-17-27)32-26-38(43,30-22-12-4-13-23-30)39(31-24-14-5-15-25-31)34(37(42)29-20-10-3-11-21-29)33(32)36(41)28-18-8-2-9-19-28/h1-4,6-13,16-23,26,31,43H,5,14-15,24-25H2. The predicted molar refractivity (Wildman–Crippen MR) is 166 cm³/mol. The average Bonchev–Trinajstić information content (AvgIpc) is 3.08. The van der Waals surface area contributed by atoms with Crippen molar-refractivity contribution in [3.8, 4) is 0 Å². The Kier molecular flexibility index (Phi) is 7.99. The third kappa shape index (κ3) is 5.40. The Morgan fingerprint density at radius 2 is 1.02 bits per heavy atom. The number of carbonyl (C=O) groups is 3. The molecule has 43 heavy (non-hydrogen) atoms. The van der Waals surface area contributed by atoms with Gasteiger partial charge >= 0.3 is 0 Å². The number of rotatable bonds is 8. The van der Waals surface area contributed by atoms with Gasteiger partial charge in [0.05, 0.1) is 5.57 Å². The third-order valence-corrected chi connectivity index (χ3v) is 8.39. The fourth-order valence-corrected chi connectivity index (χ4v) is 6.30. The number of allylic oxidation sites excluding steroid dienone is 3. The minimum Gasteiger partial charge on any atom is -0.363 e. The molecule has 1 saturated carbocycles. The van der Waals surface area contributed by atoms with Crippen molar-refractivity contribution < 1.29 is 19.5 Å². The summed E-state index contributed by atoms with van der Waals surface area (Å²) in [6.45, 7) is 0. The molecular weight excluding hydrogens is 534 g/mol. The Bertz CT molecular complexity index is 1690. The van der Waals surface area contributed by atoms with Gasteiger partial charge in [0.1, 0.15) is 5.70 Å². The number of ketones is 3. The summed E-state index contributed by atoms with van der Waals surface area (Å²) in [6.07, 6.45) is 5.90. The topological polar surface area (TPSA) is 74.7 Å². The molecule has 0 amide bonds. The van der Waals surface area contributed by atoms with Crippen LogP contribution in [0.2, 0.25) is 0 Å². The highest BCUT2D eigenvalue weighted by molar-refractivity contribution is 6.27. The van der Waals surface area contributed by atoms with Crippen molar-refractivity contribution in [1.82, 2.24) is 4.90 Å². The van der Waals surface area contributed by atoms with Crippen LogP contribution < -0.4 is 0 Å². The van der Waals surface area contributed by atoms with E-state index in [1.54, 1.807) is 89.8 Å². The molecule has 1 atom stereocenters. The van der Waals surface area contributed by atoms with Crippen LogP contribution in [0.3, 0.4) is 0 Å². The second kappa shape index (κ2) is 12.2. The lowest BCUT2D eigenvalue weighted by Gasteiger charge is -2.49. The number of carbonyl (C=O) groups excluding carboxylic acids is 3. The fourth-order valence-electron chi connectivity index (χ4n) is 6.30. The first-order valence-corrected chi connectivity index (χ1v) is 14.8. The first kappa shape index (κ1) is 28.3. The molecule has 5 nitrogen and oxygen atoms in total. The molecule has 0 bridgehead atoms. The van der Waals surface area contributed by atoms with Crippen molar-refractivity contribution in [2.45, 2.75) is 43.9 Å². The van der Waals surface area contributed by atoms with Gasteiger partial charge in [-0.2, -0.15) is 0 Å². The van der Waals surface area contributed by atoms with Gasteiger partial charge in [-0.15, -0.1) is 0 Å². The molecule has 1 heterocycles. The van der Waals surface area contributed by atoms with E-state index in [1.807, 2.05) is 36.4 Å². The van der Waals surface area contributed by atoms with E-state index in [-0.39, 0.29) is 22.9 Å². The zero-order chi connectivity index (χ0) is 29.8. The lowest BCUT2D eigenvalue weighted by molar-refractivity contribution is -0.0839. The van der Waals surface area contributed by atoms with Gasteiger partial charge in [0.15, 0.2) is 17.3 Å². The second-order valence-electron chi connectivity index (χ2n) is 11.1. The molecule has 6 rings (SSSR count). The lowest BCUT2D eigenvalue weighted by Crippen LogP contribution is -2.55. The number of hydrogen-bond acceptors (Lipinski definition) is 5. The molecule has 0 aromatic heterocycles. The highest BCUT2D eigenvalue weighted by atomic mass is 16.3. The van der Waals surface area contributed by atoms with Crippen LogP contribution in [0.1, 0.15) is 68.7 Å². The molecule has 5 heteroatoms. The Morgan fingerprint density at radius 3 is 1.53 bits per heavy atom. The summed E-state index contributed by atoms with van der Waals surface area (Å²) < 4.78 is 0. The van der Waals surface area contributed by atoms with E-state index < -0.39 is 23.1 Å². The summed E-state index contributed by atoms with van der Waals surface area (Å²) in [6, 6.07) is 35.1. The third-order valence-electron chi connectivity index (χ3n) is 8.39. The van der Waals surface area contributed by atoms with Crippen LogP contribution in [-0.2, 0) is 5.72 Å². The first-order valence-electron chi connectivity index (χ1n) is 14.8. The van der Waals surface area contributed by atoms with Gasteiger partial charge in [-0.25, -0.2) is 0 Å². The van der Waals surface area contributed by atoms with Crippen molar-refractivity contribution in [3.63, 3.8) is 0 Å². The van der Waals surface area contributed by atoms with Crippen LogP contribution in [0.5, 0.6) is 0 Å². The highest BCUT2D eigenvalue weighted by Gasteiger charge is 2.49. The largest absolute Gasteiger partial charge is 0.363 e. The van der Waals surface area contributed by atoms with Gasteiger partial charge < -0.3 is 10.0 Å². The predicted octanol–water partition coefficient (Wildman–Crippen LogP) is 7.31. The lowest BCUT2D eigenvalue weighted by atomic mass is 9.78. The maximum absolute atomic E-state index is 14.7. The number of Topliss-reactive ketones (excluding diaryl/α,β-unsaturated/α-hetero) is 3. The molecule has 1 N–H and O–H groups in total. The van der Waals surface area contributed by atoms with Gasteiger partial charge in [-0.05, 0) is 18.9 Å². The summed E-state index contributed by atoms with van der Waals surface area (Å²) in [5.41, 5.74) is -0.165. The number of benzene rings is 4. The molecule has 2 aliphatic rings. The van der Waals surface area contributed by atoms with Gasteiger partial charge in [-0.3, -0.25) is 14.4 Å². The molecule has 0 saturated heterocycles. The highest BCUT2D eigenvalue weighted by Crippen LogP contribution is 2.45. The maximum atomic E-state index is 14.7. The smallest absolute Gasteiger partial charge is 0.209 e. The van der Waals surface area contributed by atoms with Crippen LogP contribution in [0.4, 0.5) is 0 Å². The van der Waals surface area contributed by atoms with Crippen molar-refractivity contribution in [2.24, 2.45) is 0 Å². The summed E-state index contributed by atoms with van der Waals surface area (Å²) in [5, 5.41) is 12.9. The molecule has 0 spiro atoms. The molecule has 214 valence electrons. The van der Waals surface area contributed by atoms with Crippen LogP contribution in [0.25, 0.3) is 0 Å². The van der Waals surface area contributed by atoms with Crippen LogP contribution in [-0.4, -0.2) is 33.4 Å². The van der Waals surface area contributed by atoms with E-state index in [9.17, 15) is 19.5 Å². The van der Waals surface area contributed by atoms with E-state index in [4.69, 9.17) is 0 Å². The Balaban J connectivity index is 1.70. The quantitative estimate of drug-likeness (QED) is 0.226. The Labute approximate surface area is 251 Å². The summed E-state index contributed by atoms with van der Waals surface area (Å²) in [4.78, 5) is 45.4. The van der Waals surface area contributed by atoms with Crippen LogP contribution in [0.15, 0.2) is 144 Å². The van der Waals surface area contributed by atoms with Gasteiger partial charge in [0.25, 0.3) is 0 Å². The van der Waals surface area contributed by atoms with Gasteiger partial charge in [0, 0.05) is 33.9 Å². The fraction of sp³-hybridized carbons (Fsp3) is 0.184. The van der Waals surface area contributed by atoms with Gasteiger partial charge in [0.2, 0.25) is 5.78 Å². The van der Waals surface area contributed by atoms with E-state index >= 15 is 0 Å². The maximum Gasteiger partial charge on any atom is 0.209 e. The monoisotopic (exact) mass is 567 g/mol. The first-order chi connectivity index (χ1) is 21.0. The molecule has 1 aliphatic carbocycles. The van der Waals surface area contributed by atoms with E-state index in [0.717, 1.165) is 32.1 Å². The van der Waals surface area contributed by atoms with Crippen molar-refractivity contribution in [2.75, 3.05) is 0 Å². The Morgan fingerprint density at radius 1 is 0.581 bits per heavy atom. The molecule has 0 radical (unpaired) electrons. The normalized spacial score (nSPS) is 19.1. The average molecular weight is 568 g/mol. The van der Waals surface area contributed by atoms with Crippen LogP contribution >= 0.6 is 0 Å².